The number of pyridine rings is 1. The minimum atomic E-state index is 0.270. The Hall–Kier alpha value is -1.64. The number of imidazole rings is 1. The van der Waals surface area contributed by atoms with Crippen LogP contribution in [0.4, 0.5) is 0 Å². The van der Waals surface area contributed by atoms with Crippen LogP contribution in [0.1, 0.15) is 24.6 Å². The Bertz CT molecular complexity index is 499. The lowest BCUT2D eigenvalue weighted by atomic mass is 10.1. The highest BCUT2D eigenvalue weighted by Gasteiger charge is 2.03. The third-order valence-corrected chi connectivity index (χ3v) is 2.43. The zero-order valence-corrected chi connectivity index (χ0v) is 9.03. The van der Waals surface area contributed by atoms with Gasteiger partial charge in [-0.15, -0.1) is 0 Å². The van der Waals surface area contributed by atoms with Crippen molar-refractivity contribution in [2.24, 2.45) is 0 Å². The normalized spacial score (nSPS) is 10.8. The summed E-state index contributed by atoms with van der Waals surface area (Å²) in [6.45, 7) is 3.85. The average Bonchev–Trinajstić information content (AvgIpc) is 2.57. The van der Waals surface area contributed by atoms with Gasteiger partial charge in [-0.1, -0.05) is 13.0 Å². The first kappa shape index (κ1) is 9.90. The van der Waals surface area contributed by atoms with E-state index in [0.717, 1.165) is 16.9 Å². The van der Waals surface area contributed by atoms with Crippen molar-refractivity contribution in [3.63, 3.8) is 0 Å². The highest BCUT2D eigenvalue weighted by atomic mass is 16.1. The Labute approximate surface area is 88.8 Å². The van der Waals surface area contributed by atoms with Gasteiger partial charge in [-0.25, -0.2) is 4.98 Å². The van der Waals surface area contributed by atoms with Crippen molar-refractivity contribution in [3.05, 3.63) is 35.8 Å². The van der Waals surface area contributed by atoms with Crippen molar-refractivity contribution in [2.45, 2.75) is 26.7 Å². The van der Waals surface area contributed by atoms with Gasteiger partial charge in [0, 0.05) is 25.2 Å². The van der Waals surface area contributed by atoms with Crippen LogP contribution in [0.25, 0.3) is 5.65 Å². The third-order valence-electron chi connectivity index (χ3n) is 2.43. The smallest absolute Gasteiger partial charge is 0.137 e. The molecule has 0 atom stereocenters. The van der Waals surface area contributed by atoms with Crippen molar-refractivity contribution in [1.82, 2.24) is 9.38 Å². The van der Waals surface area contributed by atoms with Gasteiger partial charge in [0.15, 0.2) is 0 Å². The number of rotatable bonds is 3. The molecule has 0 radical (unpaired) electrons. The summed E-state index contributed by atoms with van der Waals surface area (Å²) in [7, 11) is 0. The number of carbonyl (C=O) groups excluding carboxylic acids is 1. The molecule has 0 saturated carbocycles. The molecule has 78 valence electrons. The molecule has 2 heterocycles. The Balaban J connectivity index is 2.33. The Kier molecular flexibility index (Phi) is 2.54. The van der Waals surface area contributed by atoms with E-state index in [1.165, 1.54) is 0 Å². The summed E-state index contributed by atoms with van der Waals surface area (Å²) in [5.41, 5.74) is 2.97. The topological polar surface area (TPSA) is 34.4 Å². The number of fused-ring (bicyclic) bond motifs is 1. The van der Waals surface area contributed by atoms with E-state index in [0.29, 0.717) is 12.8 Å². The number of ketones is 1. The first-order chi connectivity index (χ1) is 7.19. The molecule has 0 fully saturated rings. The number of hydrogen-bond donors (Lipinski definition) is 0. The Morgan fingerprint density at radius 2 is 2.20 bits per heavy atom. The van der Waals surface area contributed by atoms with Gasteiger partial charge in [-0.05, 0) is 18.6 Å². The van der Waals surface area contributed by atoms with E-state index >= 15 is 0 Å². The lowest BCUT2D eigenvalue weighted by molar-refractivity contribution is -0.118. The number of nitrogens with zero attached hydrogens (tertiary/aromatic N) is 2. The van der Waals surface area contributed by atoms with E-state index in [2.05, 4.69) is 4.98 Å². The van der Waals surface area contributed by atoms with Crippen LogP contribution in [-0.4, -0.2) is 15.2 Å². The van der Waals surface area contributed by atoms with Crippen LogP contribution < -0.4 is 0 Å². The molecule has 0 aliphatic heterocycles. The maximum atomic E-state index is 11.3. The number of carbonyl (C=O) groups is 1. The maximum absolute atomic E-state index is 11.3. The van der Waals surface area contributed by atoms with Gasteiger partial charge in [0.25, 0.3) is 0 Å². The third kappa shape index (κ3) is 2.06. The number of Topliss-reactive ketones (excluding diaryl/α,β-unsaturated/α-hetero) is 1. The molecule has 0 saturated heterocycles. The van der Waals surface area contributed by atoms with Crippen molar-refractivity contribution < 1.29 is 4.79 Å². The standard InChI is InChI=1S/C12H14N2O/c1-3-11(15)6-10-4-5-12-13-9(2)7-14(12)8-10/h4-5,7-8H,3,6H2,1-2H3. The van der Waals surface area contributed by atoms with Crippen LogP contribution in [0.5, 0.6) is 0 Å². The van der Waals surface area contributed by atoms with Crippen molar-refractivity contribution in [3.8, 4) is 0 Å². The highest BCUT2D eigenvalue weighted by Crippen LogP contribution is 2.08. The average molecular weight is 202 g/mol. The van der Waals surface area contributed by atoms with Gasteiger partial charge >= 0.3 is 0 Å². The van der Waals surface area contributed by atoms with Crippen LogP contribution in [-0.2, 0) is 11.2 Å². The van der Waals surface area contributed by atoms with Gasteiger partial charge in [-0.2, -0.15) is 0 Å². The summed E-state index contributed by atoms with van der Waals surface area (Å²) in [6.07, 6.45) is 5.06. The van der Waals surface area contributed by atoms with E-state index in [1.54, 1.807) is 0 Å². The summed E-state index contributed by atoms with van der Waals surface area (Å²) >= 11 is 0. The fourth-order valence-electron chi connectivity index (χ4n) is 1.62. The molecule has 0 amide bonds. The summed E-state index contributed by atoms with van der Waals surface area (Å²) in [5, 5.41) is 0. The number of aromatic nitrogens is 2. The lowest BCUT2D eigenvalue weighted by Crippen LogP contribution is -2.01. The second-order valence-corrected chi connectivity index (χ2v) is 3.75. The fourth-order valence-corrected chi connectivity index (χ4v) is 1.62. The van der Waals surface area contributed by atoms with E-state index in [1.807, 2.05) is 42.8 Å². The predicted octanol–water partition coefficient (Wildman–Crippen LogP) is 2.16. The Morgan fingerprint density at radius 1 is 1.40 bits per heavy atom. The molecule has 0 bridgehead atoms. The monoisotopic (exact) mass is 202 g/mol. The molecule has 0 aromatic carbocycles. The van der Waals surface area contributed by atoms with Gasteiger partial charge in [0.1, 0.15) is 11.4 Å². The molecule has 2 rings (SSSR count). The van der Waals surface area contributed by atoms with E-state index in [9.17, 15) is 4.79 Å². The van der Waals surface area contributed by atoms with Crippen LogP contribution in [0.15, 0.2) is 24.5 Å². The minimum Gasteiger partial charge on any atom is -0.307 e. The molecule has 3 heteroatoms. The van der Waals surface area contributed by atoms with E-state index in [-0.39, 0.29) is 5.78 Å². The summed E-state index contributed by atoms with van der Waals surface area (Å²) in [6, 6.07) is 3.92. The predicted molar refractivity (Wildman–Crippen MR) is 58.9 cm³/mol. The van der Waals surface area contributed by atoms with Gasteiger partial charge < -0.3 is 4.40 Å². The number of aryl methyl sites for hydroxylation is 1. The number of hydrogen-bond acceptors (Lipinski definition) is 2. The summed E-state index contributed by atoms with van der Waals surface area (Å²) in [4.78, 5) is 15.6. The quantitative estimate of drug-likeness (QED) is 0.764. The molecule has 2 aromatic rings. The largest absolute Gasteiger partial charge is 0.307 e. The zero-order valence-electron chi connectivity index (χ0n) is 9.03. The van der Waals surface area contributed by atoms with Crippen LogP contribution in [0.3, 0.4) is 0 Å². The maximum Gasteiger partial charge on any atom is 0.137 e. The van der Waals surface area contributed by atoms with Gasteiger partial charge in [-0.3, -0.25) is 4.79 Å². The Morgan fingerprint density at radius 3 is 2.93 bits per heavy atom. The van der Waals surface area contributed by atoms with Crippen LogP contribution in [0, 0.1) is 6.92 Å². The molecule has 3 nitrogen and oxygen atoms in total. The zero-order chi connectivity index (χ0) is 10.8. The summed E-state index contributed by atoms with van der Waals surface area (Å²) in [5.74, 6) is 0.270. The van der Waals surface area contributed by atoms with Gasteiger partial charge in [0.2, 0.25) is 0 Å². The van der Waals surface area contributed by atoms with Crippen molar-refractivity contribution in [2.75, 3.05) is 0 Å². The molecule has 2 aromatic heterocycles. The molecule has 0 N–H and O–H groups in total. The molecule has 0 aliphatic rings. The molecule has 15 heavy (non-hydrogen) atoms. The first-order valence-electron chi connectivity index (χ1n) is 5.15. The van der Waals surface area contributed by atoms with Crippen LogP contribution in [0.2, 0.25) is 0 Å². The van der Waals surface area contributed by atoms with Crippen molar-refractivity contribution >= 4 is 11.4 Å². The molecular weight excluding hydrogens is 188 g/mol. The molecule has 0 unspecified atom stereocenters. The van der Waals surface area contributed by atoms with Crippen molar-refractivity contribution in [1.29, 1.82) is 0 Å². The minimum absolute atomic E-state index is 0.270. The molecule has 0 spiro atoms. The second-order valence-electron chi connectivity index (χ2n) is 3.75. The van der Waals surface area contributed by atoms with E-state index in [4.69, 9.17) is 0 Å². The fraction of sp³-hybridized carbons (Fsp3) is 0.333. The summed E-state index contributed by atoms with van der Waals surface area (Å²) < 4.78 is 1.97. The molecular formula is C12H14N2O. The highest BCUT2D eigenvalue weighted by molar-refractivity contribution is 5.80. The first-order valence-corrected chi connectivity index (χ1v) is 5.15. The second kappa shape index (κ2) is 3.85. The van der Waals surface area contributed by atoms with Gasteiger partial charge in [0.05, 0.1) is 5.69 Å². The van der Waals surface area contributed by atoms with Crippen LogP contribution >= 0.6 is 0 Å². The van der Waals surface area contributed by atoms with E-state index < -0.39 is 0 Å². The molecule has 0 aliphatic carbocycles. The SMILES string of the molecule is CCC(=O)Cc1ccc2nc(C)cn2c1. The lowest BCUT2D eigenvalue weighted by Gasteiger charge is -2.00.